The molecule has 144 valence electrons. The van der Waals surface area contributed by atoms with Crippen molar-refractivity contribution in [3.63, 3.8) is 0 Å². The summed E-state index contributed by atoms with van der Waals surface area (Å²) < 4.78 is 1.83. The zero-order valence-electron chi connectivity index (χ0n) is 16.4. The van der Waals surface area contributed by atoms with E-state index in [1.165, 1.54) is 5.56 Å². The largest absolute Gasteiger partial charge is 0.328 e. The van der Waals surface area contributed by atoms with Crippen LogP contribution in [0.15, 0.2) is 18.6 Å². The summed E-state index contributed by atoms with van der Waals surface area (Å²) in [5.41, 5.74) is 3.00. The van der Waals surface area contributed by atoms with Crippen molar-refractivity contribution in [3.05, 3.63) is 41.2 Å². The molecular weight excluding hydrogens is 340 g/mol. The van der Waals surface area contributed by atoms with Crippen LogP contribution in [-0.2, 0) is 13.0 Å². The summed E-state index contributed by atoms with van der Waals surface area (Å²) in [5.74, 6) is 0.829. The highest BCUT2D eigenvalue weighted by Crippen LogP contribution is 2.31. The normalized spacial score (nSPS) is 20.7. The van der Waals surface area contributed by atoms with Gasteiger partial charge in [0.2, 0.25) is 0 Å². The molecule has 2 aromatic heterocycles. The molecule has 4 rings (SSSR count). The van der Waals surface area contributed by atoms with Gasteiger partial charge in [0.25, 0.3) is 5.91 Å². The van der Waals surface area contributed by atoms with E-state index in [4.69, 9.17) is 4.98 Å². The van der Waals surface area contributed by atoms with Crippen molar-refractivity contribution in [1.29, 1.82) is 0 Å². The van der Waals surface area contributed by atoms with Crippen molar-refractivity contribution >= 4 is 5.91 Å². The maximum Gasteiger partial charge on any atom is 0.257 e. The number of hydrogen-bond donors (Lipinski definition) is 0. The van der Waals surface area contributed by atoms with Crippen molar-refractivity contribution < 1.29 is 4.79 Å². The van der Waals surface area contributed by atoms with E-state index in [2.05, 4.69) is 35.9 Å². The average molecular weight is 368 g/mol. The molecule has 7 heteroatoms. The maximum atomic E-state index is 13.2. The molecule has 0 unspecified atom stereocenters. The van der Waals surface area contributed by atoms with Gasteiger partial charge < -0.3 is 9.80 Å². The topological polar surface area (TPSA) is 67.2 Å². The third-order valence-corrected chi connectivity index (χ3v) is 5.58. The first-order chi connectivity index (χ1) is 13.0. The fraction of sp³-hybridized carbons (Fsp3) is 0.600. The van der Waals surface area contributed by atoms with Gasteiger partial charge in [-0.05, 0) is 40.2 Å². The Bertz CT molecular complexity index is 830. The quantitative estimate of drug-likeness (QED) is 0.833. The number of carbonyl (C=O) groups excluding carboxylic acids is 1. The van der Waals surface area contributed by atoms with E-state index in [1.807, 2.05) is 22.0 Å². The number of hydrogen-bond acceptors (Lipinski definition) is 5. The van der Waals surface area contributed by atoms with Crippen molar-refractivity contribution in [3.8, 4) is 0 Å². The Morgan fingerprint density at radius 2 is 2.07 bits per heavy atom. The molecule has 0 bridgehead atoms. The van der Waals surface area contributed by atoms with Gasteiger partial charge in [0, 0.05) is 55.7 Å². The first-order valence-corrected chi connectivity index (χ1v) is 9.91. The molecule has 7 nitrogen and oxygen atoms in total. The maximum absolute atomic E-state index is 13.2. The van der Waals surface area contributed by atoms with Gasteiger partial charge in [-0.1, -0.05) is 0 Å². The second-order valence-corrected chi connectivity index (χ2v) is 8.00. The Hall–Kier alpha value is -2.28. The zero-order valence-corrected chi connectivity index (χ0v) is 16.4. The first-order valence-electron chi connectivity index (χ1n) is 9.91. The van der Waals surface area contributed by atoms with Gasteiger partial charge in [-0.3, -0.25) is 9.48 Å². The minimum atomic E-state index is -0.0430. The number of nitrogens with zero attached hydrogens (tertiary/aromatic N) is 6. The highest BCUT2D eigenvalue weighted by atomic mass is 16.2. The van der Waals surface area contributed by atoms with Crippen LogP contribution >= 0.6 is 0 Å². The van der Waals surface area contributed by atoms with E-state index in [1.54, 1.807) is 6.20 Å². The van der Waals surface area contributed by atoms with Gasteiger partial charge in [-0.15, -0.1) is 0 Å². The molecule has 2 aromatic rings. The lowest BCUT2D eigenvalue weighted by atomic mass is 9.99. The van der Waals surface area contributed by atoms with Crippen molar-refractivity contribution in [2.45, 2.75) is 58.2 Å². The molecule has 0 spiro atoms. The monoisotopic (exact) mass is 368 g/mol. The lowest BCUT2D eigenvalue weighted by molar-refractivity contribution is 0.0599. The van der Waals surface area contributed by atoms with Gasteiger partial charge in [-0.25, -0.2) is 9.97 Å². The third-order valence-electron chi connectivity index (χ3n) is 5.58. The summed E-state index contributed by atoms with van der Waals surface area (Å²) in [6, 6.07) is 0.199. The molecule has 2 aliphatic rings. The molecule has 1 fully saturated rings. The van der Waals surface area contributed by atoms with Gasteiger partial charge in [0.15, 0.2) is 5.82 Å². The molecule has 0 N–H and O–H groups in total. The van der Waals surface area contributed by atoms with Crippen LogP contribution in [0.2, 0.25) is 0 Å². The minimum Gasteiger partial charge on any atom is -0.328 e. The summed E-state index contributed by atoms with van der Waals surface area (Å²) in [4.78, 5) is 26.9. The molecule has 1 saturated heterocycles. The van der Waals surface area contributed by atoms with Crippen molar-refractivity contribution in [1.82, 2.24) is 29.5 Å². The van der Waals surface area contributed by atoms with Crippen LogP contribution in [0.4, 0.5) is 0 Å². The zero-order chi connectivity index (χ0) is 19.0. The minimum absolute atomic E-state index is 0.0349. The standard InChI is InChI=1S/C20H28N6O/c1-14(2)26-13-16(11-22-26)20(27)25-8-5-4-6-18(25)19-21-10-15-12-24(3)9-7-17(15)23-19/h10-11,13-14,18H,4-9,12H2,1-3H3/t18-/m1/s1. The Kier molecular flexibility index (Phi) is 4.95. The molecule has 1 amide bonds. The van der Waals surface area contributed by atoms with Crippen LogP contribution < -0.4 is 0 Å². The van der Waals surface area contributed by atoms with Crippen LogP contribution in [0.1, 0.15) is 72.6 Å². The van der Waals surface area contributed by atoms with Crippen LogP contribution in [0.5, 0.6) is 0 Å². The molecule has 0 radical (unpaired) electrons. The van der Waals surface area contributed by atoms with Gasteiger partial charge in [-0.2, -0.15) is 5.10 Å². The fourth-order valence-corrected chi connectivity index (χ4v) is 3.97. The Morgan fingerprint density at radius 1 is 1.22 bits per heavy atom. The summed E-state index contributed by atoms with van der Waals surface area (Å²) in [7, 11) is 2.12. The number of carbonyl (C=O) groups is 1. The predicted molar refractivity (Wildman–Crippen MR) is 102 cm³/mol. The molecule has 27 heavy (non-hydrogen) atoms. The summed E-state index contributed by atoms with van der Waals surface area (Å²) in [5, 5.41) is 4.33. The number of likely N-dealkylation sites (N-methyl/N-ethyl adjacent to an activating group) is 1. The van der Waals surface area contributed by atoms with Gasteiger partial charge in [0.1, 0.15) is 0 Å². The summed E-state index contributed by atoms with van der Waals surface area (Å²) >= 11 is 0. The molecule has 4 heterocycles. The number of aromatic nitrogens is 4. The lowest BCUT2D eigenvalue weighted by Crippen LogP contribution is -2.39. The second-order valence-electron chi connectivity index (χ2n) is 8.00. The Labute approximate surface area is 160 Å². The van der Waals surface area contributed by atoms with E-state index >= 15 is 0 Å². The molecule has 1 atom stereocenters. The summed E-state index contributed by atoms with van der Waals surface area (Å²) in [6.45, 7) is 6.79. The van der Waals surface area contributed by atoms with Crippen molar-refractivity contribution in [2.75, 3.05) is 20.1 Å². The molecular formula is C20H28N6O. The summed E-state index contributed by atoms with van der Waals surface area (Å²) in [6.07, 6.45) is 9.48. The lowest BCUT2D eigenvalue weighted by Gasteiger charge is -2.35. The number of likely N-dealkylation sites (tertiary alicyclic amines) is 1. The average Bonchev–Trinajstić information content (AvgIpc) is 3.17. The SMILES string of the molecule is CC(C)n1cc(C(=O)N2CCCC[C@@H]2c2ncc3c(n2)CCN(C)C3)cn1. The number of piperidine rings is 1. The number of rotatable bonds is 3. The van der Waals surface area contributed by atoms with Gasteiger partial charge >= 0.3 is 0 Å². The van der Waals surface area contributed by atoms with E-state index in [0.29, 0.717) is 5.56 Å². The highest BCUT2D eigenvalue weighted by molar-refractivity contribution is 5.94. The fourth-order valence-electron chi connectivity index (χ4n) is 3.97. The second kappa shape index (κ2) is 7.38. The Balaban J connectivity index is 1.60. The van der Waals surface area contributed by atoms with Crippen LogP contribution in [0, 0.1) is 0 Å². The molecule has 0 aliphatic carbocycles. The molecule has 0 aromatic carbocycles. The van der Waals surface area contributed by atoms with E-state index < -0.39 is 0 Å². The molecule has 2 aliphatic heterocycles. The van der Waals surface area contributed by atoms with Crippen molar-refractivity contribution in [2.24, 2.45) is 0 Å². The number of fused-ring (bicyclic) bond motifs is 1. The smallest absolute Gasteiger partial charge is 0.257 e. The van der Waals surface area contributed by atoms with Crippen LogP contribution in [0.3, 0.4) is 0 Å². The van der Waals surface area contributed by atoms with E-state index in [-0.39, 0.29) is 18.0 Å². The predicted octanol–water partition coefficient (Wildman–Crippen LogP) is 2.61. The van der Waals surface area contributed by atoms with E-state index in [9.17, 15) is 4.79 Å². The first kappa shape index (κ1) is 18.1. The van der Waals surface area contributed by atoms with E-state index in [0.717, 1.165) is 56.8 Å². The highest BCUT2D eigenvalue weighted by Gasteiger charge is 2.32. The number of amides is 1. The third kappa shape index (κ3) is 3.60. The van der Waals surface area contributed by atoms with Crippen LogP contribution in [0.25, 0.3) is 0 Å². The van der Waals surface area contributed by atoms with Crippen LogP contribution in [-0.4, -0.2) is 55.6 Å². The molecule has 0 saturated carbocycles. The Morgan fingerprint density at radius 3 is 2.85 bits per heavy atom. The van der Waals surface area contributed by atoms with Gasteiger partial charge in [0.05, 0.1) is 17.8 Å².